The van der Waals surface area contributed by atoms with E-state index < -0.39 is 0 Å². The topological polar surface area (TPSA) is 73.2 Å². The fraction of sp³-hybridized carbons (Fsp3) is 0.286. The van der Waals surface area contributed by atoms with Gasteiger partial charge in [0.25, 0.3) is 0 Å². The number of nitrogens with two attached hydrogens (primary N) is 1. The molecular formula is C21H25N3O2. The van der Waals surface area contributed by atoms with Crippen molar-refractivity contribution in [3.05, 3.63) is 60.3 Å². The Kier molecular flexibility index (Phi) is 6.14. The van der Waals surface area contributed by atoms with E-state index in [9.17, 15) is 0 Å². The fourth-order valence-corrected chi connectivity index (χ4v) is 2.64. The fourth-order valence-electron chi connectivity index (χ4n) is 2.64. The van der Waals surface area contributed by atoms with E-state index in [1.54, 1.807) is 0 Å². The van der Waals surface area contributed by atoms with Gasteiger partial charge in [-0.25, -0.2) is 0 Å². The first kappa shape index (κ1) is 17.9. The van der Waals surface area contributed by atoms with Gasteiger partial charge in [-0.3, -0.25) is 5.10 Å². The molecule has 0 radical (unpaired) electrons. The third-order valence-electron chi connectivity index (χ3n) is 4.07. The zero-order chi connectivity index (χ0) is 18.2. The van der Waals surface area contributed by atoms with Crippen molar-refractivity contribution in [1.82, 2.24) is 10.2 Å². The summed E-state index contributed by atoms with van der Waals surface area (Å²) in [5.74, 6) is 1.64. The van der Waals surface area contributed by atoms with Crippen molar-refractivity contribution < 1.29 is 9.47 Å². The SMILES string of the molecule is CCCCCOc1ccccc1-c1cc(COc2ccc(N)cc2)[nH]n1. The molecule has 0 aliphatic rings. The highest BCUT2D eigenvalue weighted by Crippen LogP contribution is 2.29. The predicted octanol–water partition coefficient (Wildman–Crippen LogP) is 4.81. The zero-order valence-electron chi connectivity index (χ0n) is 15.1. The number of unbranched alkanes of at least 4 members (excludes halogenated alkanes) is 2. The van der Waals surface area contributed by atoms with Crippen LogP contribution in [-0.4, -0.2) is 16.8 Å². The molecule has 1 aromatic heterocycles. The molecule has 26 heavy (non-hydrogen) atoms. The van der Waals surface area contributed by atoms with Crippen molar-refractivity contribution in [2.75, 3.05) is 12.3 Å². The lowest BCUT2D eigenvalue weighted by Gasteiger charge is -2.09. The number of anilines is 1. The molecule has 0 saturated carbocycles. The Balaban J connectivity index is 1.64. The Bertz CT molecular complexity index is 812. The summed E-state index contributed by atoms with van der Waals surface area (Å²) in [6.45, 7) is 3.32. The summed E-state index contributed by atoms with van der Waals surface area (Å²) in [5.41, 5.74) is 9.14. The lowest BCUT2D eigenvalue weighted by molar-refractivity contribution is 0.301. The standard InChI is InChI=1S/C21H25N3O2/c1-2-3-6-13-25-21-8-5-4-7-19(21)20-14-17(23-24-20)15-26-18-11-9-16(22)10-12-18/h4-5,7-12,14H,2-3,6,13,15,22H2,1H3,(H,23,24). The number of hydrogen-bond acceptors (Lipinski definition) is 4. The van der Waals surface area contributed by atoms with Crippen LogP contribution in [0.5, 0.6) is 11.5 Å². The van der Waals surface area contributed by atoms with Crippen LogP contribution in [0.4, 0.5) is 5.69 Å². The molecule has 0 bridgehead atoms. The number of ether oxygens (including phenoxy) is 2. The molecule has 0 atom stereocenters. The Morgan fingerprint density at radius 1 is 1.00 bits per heavy atom. The van der Waals surface area contributed by atoms with Gasteiger partial charge >= 0.3 is 0 Å². The van der Waals surface area contributed by atoms with Crippen molar-refractivity contribution in [2.45, 2.75) is 32.8 Å². The summed E-state index contributed by atoms with van der Waals surface area (Å²) in [6, 6.07) is 17.3. The third kappa shape index (κ3) is 4.79. The number of rotatable bonds is 9. The van der Waals surface area contributed by atoms with Crippen LogP contribution in [0.15, 0.2) is 54.6 Å². The highest BCUT2D eigenvalue weighted by atomic mass is 16.5. The molecule has 3 rings (SSSR count). The van der Waals surface area contributed by atoms with Crippen molar-refractivity contribution in [1.29, 1.82) is 0 Å². The number of benzene rings is 2. The summed E-state index contributed by atoms with van der Waals surface area (Å²) in [5, 5.41) is 7.45. The van der Waals surface area contributed by atoms with Gasteiger partial charge in [0.2, 0.25) is 0 Å². The van der Waals surface area contributed by atoms with Crippen molar-refractivity contribution in [2.24, 2.45) is 0 Å². The van der Waals surface area contributed by atoms with Crippen LogP contribution in [0.25, 0.3) is 11.3 Å². The molecule has 3 N–H and O–H groups in total. The molecule has 0 spiro atoms. The Morgan fingerprint density at radius 3 is 2.62 bits per heavy atom. The molecule has 0 fully saturated rings. The Morgan fingerprint density at radius 2 is 1.81 bits per heavy atom. The number of nitrogens with one attached hydrogen (secondary N) is 1. The van der Waals surface area contributed by atoms with Crippen LogP contribution in [0, 0.1) is 0 Å². The maximum atomic E-state index is 5.95. The minimum Gasteiger partial charge on any atom is -0.493 e. The number of aromatic amines is 1. The molecular weight excluding hydrogens is 326 g/mol. The maximum Gasteiger partial charge on any atom is 0.130 e. The van der Waals surface area contributed by atoms with Crippen LogP contribution in [0.2, 0.25) is 0 Å². The first-order valence-electron chi connectivity index (χ1n) is 9.01. The zero-order valence-corrected chi connectivity index (χ0v) is 15.1. The Labute approximate surface area is 154 Å². The van der Waals surface area contributed by atoms with Gasteiger partial charge in [-0.15, -0.1) is 0 Å². The molecule has 0 saturated heterocycles. The first-order chi connectivity index (χ1) is 12.8. The monoisotopic (exact) mass is 351 g/mol. The maximum absolute atomic E-state index is 5.95. The molecule has 3 aromatic rings. The van der Waals surface area contributed by atoms with Gasteiger partial charge in [-0.1, -0.05) is 31.9 Å². The van der Waals surface area contributed by atoms with Crippen LogP contribution >= 0.6 is 0 Å². The normalized spacial score (nSPS) is 10.7. The lowest BCUT2D eigenvalue weighted by atomic mass is 10.1. The van der Waals surface area contributed by atoms with Gasteiger partial charge in [0.1, 0.15) is 18.1 Å². The van der Waals surface area contributed by atoms with E-state index in [2.05, 4.69) is 17.1 Å². The molecule has 5 heteroatoms. The highest BCUT2D eigenvalue weighted by molar-refractivity contribution is 5.67. The van der Waals surface area contributed by atoms with Crippen molar-refractivity contribution in [3.8, 4) is 22.8 Å². The number of aromatic nitrogens is 2. The van der Waals surface area contributed by atoms with E-state index in [1.165, 1.54) is 12.8 Å². The number of H-pyrrole nitrogens is 1. The first-order valence-corrected chi connectivity index (χ1v) is 9.01. The number of nitrogens with zero attached hydrogens (tertiary/aromatic N) is 1. The van der Waals surface area contributed by atoms with Crippen molar-refractivity contribution >= 4 is 5.69 Å². The lowest BCUT2D eigenvalue weighted by Crippen LogP contribution is -1.98. The summed E-state index contributed by atoms with van der Waals surface area (Å²) in [6.07, 6.45) is 3.42. The van der Waals surface area contributed by atoms with Crippen LogP contribution in [0.3, 0.4) is 0 Å². The van der Waals surface area contributed by atoms with Gasteiger partial charge in [0, 0.05) is 11.3 Å². The van der Waals surface area contributed by atoms with Gasteiger partial charge < -0.3 is 15.2 Å². The Hall–Kier alpha value is -2.95. The molecule has 5 nitrogen and oxygen atoms in total. The molecule has 0 unspecified atom stereocenters. The quantitative estimate of drug-likeness (QED) is 0.429. The molecule has 136 valence electrons. The van der Waals surface area contributed by atoms with Gasteiger partial charge in [-0.2, -0.15) is 5.10 Å². The molecule has 1 heterocycles. The van der Waals surface area contributed by atoms with Gasteiger partial charge in [-0.05, 0) is 48.9 Å². The second-order valence-electron chi connectivity index (χ2n) is 6.19. The van der Waals surface area contributed by atoms with Crippen LogP contribution < -0.4 is 15.2 Å². The third-order valence-corrected chi connectivity index (χ3v) is 4.07. The summed E-state index contributed by atoms with van der Waals surface area (Å²) in [4.78, 5) is 0. The minimum absolute atomic E-state index is 0.413. The number of para-hydroxylation sites is 1. The number of nitrogen functional groups attached to an aromatic ring is 1. The van der Waals surface area contributed by atoms with Crippen molar-refractivity contribution in [3.63, 3.8) is 0 Å². The minimum atomic E-state index is 0.413. The van der Waals surface area contributed by atoms with Crippen LogP contribution in [0.1, 0.15) is 31.9 Å². The largest absolute Gasteiger partial charge is 0.493 e. The summed E-state index contributed by atoms with van der Waals surface area (Å²) in [7, 11) is 0. The predicted molar refractivity (Wildman–Crippen MR) is 104 cm³/mol. The average molecular weight is 351 g/mol. The molecule has 2 aromatic carbocycles. The van der Waals surface area contributed by atoms with E-state index in [4.69, 9.17) is 15.2 Å². The second-order valence-corrected chi connectivity index (χ2v) is 6.19. The summed E-state index contributed by atoms with van der Waals surface area (Å²) < 4.78 is 11.7. The molecule has 0 aliphatic heterocycles. The number of hydrogen-bond donors (Lipinski definition) is 2. The van der Waals surface area contributed by atoms with E-state index in [0.29, 0.717) is 6.61 Å². The van der Waals surface area contributed by atoms with E-state index in [0.717, 1.165) is 47.2 Å². The molecule has 0 amide bonds. The smallest absolute Gasteiger partial charge is 0.130 e. The van der Waals surface area contributed by atoms with Gasteiger partial charge in [0.05, 0.1) is 18.0 Å². The summed E-state index contributed by atoms with van der Waals surface area (Å²) >= 11 is 0. The molecule has 0 aliphatic carbocycles. The van der Waals surface area contributed by atoms with E-state index in [1.807, 2.05) is 54.6 Å². The van der Waals surface area contributed by atoms with E-state index >= 15 is 0 Å². The van der Waals surface area contributed by atoms with Gasteiger partial charge in [0.15, 0.2) is 0 Å². The average Bonchev–Trinajstić information content (AvgIpc) is 3.14. The van der Waals surface area contributed by atoms with E-state index in [-0.39, 0.29) is 0 Å². The van der Waals surface area contributed by atoms with Crippen LogP contribution in [-0.2, 0) is 6.61 Å². The second kappa shape index (κ2) is 8.94. The highest BCUT2D eigenvalue weighted by Gasteiger charge is 2.10.